The van der Waals surface area contributed by atoms with Gasteiger partial charge in [-0.25, -0.2) is 8.42 Å². The van der Waals surface area contributed by atoms with Crippen molar-refractivity contribution in [1.82, 2.24) is 10.2 Å². The number of hydrogen-bond donors (Lipinski definition) is 1. The van der Waals surface area contributed by atoms with E-state index >= 15 is 0 Å². The maximum absolute atomic E-state index is 12.1. The molecule has 0 radical (unpaired) electrons. The predicted molar refractivity (Wildman–Crippen MR) is 96.4 cm³/mol. The lowest BCUT2D eigenvalue weighted by Crippen LogP contribution is -2.14. The number of nitrogens with zero attached hydrogens (tertiary/aromatic N) is 2. The molecule has 0 aliphatic rings. The lowest BCUT2D eigenvalue weighted by Gasteiger charge is -2.03. The first-order chi connectivity index (χ1) is 12.3. The Bertz CT molecular complexity index is 1040. The molecule has 7 nitrogen and oxygen atoms in total. The van der Waals surface area contributed by atoms with E-state index in [4.69, 9.17) is 4.42 Å². The Morgan fingerprint density at radius 2 is 1.85 bits per heavy atom. The largest absolute Gasteiger partial charge is 0.403 e. The molecule has 0 unspecified atom stereocenters. The Kier molecular flexibility index (Phi) is 4.85. The quantitative estimate of drug-likeness (QED) is 0.740. The van der Waals surface area contributed by atoms with Gasteiger partial charge < -0.3 is 4.42 Å². The van der Waals surface area contributed by atoms with Crippen molar-refractivity contribution in [3.8, 4) is 11.5 Å². The maximum Gasteiger partial charge on any atom is 0.322 e. The number of carbonyl (C=O) groups excluding carboxylic acids is 1. The molecule has 0 aliphatic carbocycles. The van der Waals surface area contributed by atoms with Crippen molar-refractivity contribution >= 4 is 21.8 Å². The molecule has 0 aliphatic heterocycles. The van der Waals surface area contributed by atoms with E-state index < -0.39 is 9.84 Å². The van der Waals surface area contributed by atoms with Crippen molar-refractivity contribution in [3.63, 3.8) is 0 Å². The van der Waals surface area contributed by atoms with Gasteiger partial charge in [0.15, 0.2) is 9.84 Å². The fourth-order valence-corrected chi connectivity index (χ4v) is 3.00. The molecule has 0 atom stereocenters. The Morgan fingerprint density at radius 1 is 1.12 bits per heavy atom. The lowest BCUT2D eigenvalue weighted by molar-refractivity contribution is -0.115. The standard InChI is InChI=1S/C18H17N3O4S/c1-12-4-3-5-14(10-12)17-20-21-18(25-17)19-16(22)11-13-6-8-15(9-7-13)26(2,23)24/h3-10H,11H2,1-2H3,(H,19,21,22). The fraction of sp³-hybridized carbons (Fsp3) is 0.167. The van der Waals surface area contributed by atoms with Crippen LogP contribution >= 0.6 is 0 Å². The Labute approximate surface area is 151 Å². The van der Waals surface area contributed by atoms with Crippen LogP contribution in [0.1, 0.15) is 11.1 Å². The predicted octanol–water partition coefficient (Wildman–Crippen LogP) is 2.63. The summed E-state index contributed by atoms with van der Waals surface area (Å²) in [5, 5.41) is 10.3. The molecule has 134 valence electrons. The number of nitrogens with one attached hydrogen (secondary N) is 1. The van der Waals surface area contributed by atoms with Gasteiger partial charge in [0.25, 0.3) is 0 Å². The van der Waals surface area contributed by atoms with Crippen LogP contribution < -0.4 is 5.32 Å². The van der Waals surface area contributed by atoms with Gasteiger partial charge in [0, 0.05) is 11.8 Å². The number of anilines is 1. The topological polar surface area (TPSA) is 102 Å². The summed E-state index contributed by atoms with van der Waals surface area (Å²) in [6.45, 7) is 1.96. The van der Waals surface area contributed by atoms with Crippen LogP contribution in [0.25, 0.3) is 11.5 Å². The van der Waals surface area contributed by atoms with Crippen LogP contribution in [-0.2, 0) is 21.1 Å². The third-order valence-corrected chi connectivity index (χ3v) is 4.78. The van der Waals surface area contributed by atoms with Gasteiger partial charge >= 0.3 is 6.01 Å². The summed E-state index contributed by atoms with van der Waals surface area (Å²) < 4.78 is 28.3. The maximum atomic E-state index is 12.1. The van der Waals surface area contributed by atoms with Crippen LogP contribution in [-0.4, -0.2) is 30.8 Å². The number of amides is 1. The highest BCUT2D eigenvalue weighted by Crippen LogP contribution is 2.20. The second-order valence-corrected chi connectivity index (χ2v) is 7.94. The van der Waals surface area contributed by atoms with Crippen LogP contribution in [0.2, 0.25) is 0 Å². The van der Waals surface area contributed by atoms with E-state index in [0.717, 1.165) is 17.4 Å². The summed E-state index contributed by atoms with van der Waals surface area (Å²) >= 11 is 0. The average molecular weight is 371 g/mol. The minimum atomic E-state index is -3.26. The smallest absolute Gasteiger partial charge is 0.322 e. The van der Waals surface area contributed by atoms with Gasteiger partial charge in [-0.3, -0.25) is 10.1 Å². The molecule has 0 bridgehead atoms. The van der Waals surface area contributed by atoms with Gasteiger partial charge in [0.05, 0.1) is 11.3 Å². The number of aryl methyl sites for hydroxylation is 1. The van der Waals surface area contributed by atoms with Crippen molar-refractivity contribution in [2.75, 3.05) is 11.6 Å². The monoisotopic (exact) mass is 371 g/mol. The number of aromatic nitrogens is 2. The molecule has 8 heteroatoms. The zero-order chi connectivity index (χ0) is 18.7. The molecule has 1 amide bonds. The number of hydrogen-bond acceptors (Lipinski definition) is 6. The Balaban J connectivity index is 1.65. The SMILES string of the molecule is Cc1cccc(-c2nnc(NC(=O)Cc3ccc(S(C)(=O)=O)cc3)o2)c1. The molecule has 26 heavy (non-hydrogen) atoms. The summed E-state index contributed by atoms with van der Waals surface area (Å²) in [5.74, 6) is -0.0157. The van der Waals surface area contributed by atoms with Gasteiger partial charge in [-0.1, -0.05) is 34.9 Å². The molecule has 3 aromatic rings. The number of benzene rings is 2. The minimum Gasteiger partial charge on any atom is -0.403 e. The van der Waals surface area contributed by atoms with Crippen LogP contribution in [0, 0.1) is 6.92 Å². The second-order valence-electron chi connectivity index (χ2n) is 5.92. The summed E-state index contributed by atoms with van der Waals surface area (Å²) in [5.41, 5.74) is 2.51. The highest BCUT2D eigenvalue weighted by molar-refractivity contribution is 7.90. The van der Waals surface area contributed by atoms with E-state index in [1.54, 1.807) is 12.1 Å². The molecule has 2 aromatic carbocycles. The molecule has 0 spiro atoms. The molecule has 1 heterocycles. The third-order valence-electron chi connectivity index (χ3n) is 3.65. The molecular formula is C18H17N3O4S. The summed E-state index contributed by atoms with van der Waals surface area (Å²) in [7, 11) is -3.26. The van der Waals surface area contributed by atoms with Gasteiger partial charge in [-0.15, -0.1) is 5.10 Å². The van der Waals surface area contributed by atoms with Gasteiger partial charge in [-0.2, -0.15) is 0 Å². The molecule has 0 saturated carbocycles. The second kappa shape index (κ2) is 7.09. The van der Waals surface area contributed by atoms with Gasteiger partial charge in [-0.05, 0) is 36.8 Å². The number of carbonyl (C=O) groups is 1. The van der Waals surface area contributed by atoms with Crippen LogP contribution in [0.3, 0.4) is 0 Å². The molecule has 0 saturated heterocycles. The molecular weight excluding hydrogens is 354 g/mol. The van der Waals surface area contributed by atoms with E-state index in [1.807, 2.05) is 31.2 Å². The zero-order valence-electron chi connectivity index (χ0n) is 14.3. The number of sulfone groups is 1. The summed E-state index contributed by atoms with van der Waals surface area (Å²) in [4.78, 5) is 12.3. The first kappa shape index (κ1) is 17.8. The summed E-state index contributed by atoms with van der Waals surface area (Å²) in [6, 6.07) is 13.7. The van der Waals surface area contributed by atoms with E-state index in [-0.39, 0.29) is 23.2 Å². The first-order valence-corrected chi connectivity index (χ1v) is 9.70. The zero-order valence-corrected chi connectivity index (χ0v) is 15.1. The summed E-state index contributed by atoms with van der Waals surface area (Å²) in [6.07, 6.45) is 1.20. The molecule has 1 aromatic heterocycles. The lowest BCUT2D eigenvalue weighted by atomic mass is 10.1. The third kappa shape index (κ3) is 4.34. The first-order valence-electron chi connectivity index (χ1n) is 7.81. The van der Waals surface area contributed by atoms with Crippen molar-refractivity contribution in [1.29, 1.82) is 0 Å². The number of rotatable bonds is 5. The van der Waals surface area contributed by atoms with Gasteiger partial charge in [0.1, 0.15) is 0 Å². The van der Waals surface area contributed by atoms with E-state index in [2.05, 4.69) is 15.5 Å². The van der Waals surface area contributed by atoms with E-state index in [0.29, 0.717) is 11.5 Å². The van der Waals surface area contributed by atoms with Crippen LogP contribution in [0.4, 0.5) is 6.01 Å². The average Bonchev–Trinajstić information content (AvgIpc) is 3.03. The van der Waals surface area contributed by atoms with Crippen molar-refractivity contribution in [2.45, 2.75) is 18.2 Å². The van der Waals surface area contributed by atoms with Crippen molar-refractivity contribution in [3.05, 3.63) is 59.7 Å². The van der Waals surface area contributed by atoms with Crippen molar-refractivity contribution in [2.24, 2.45) is 0 Å². The Morgan fingerprint density at radius 3 is 2.50 bits per heavy atom. The molecule has 0 fully saturated rings. The van der Waals surface area contributed by atoms with E-state index in [1.165, 1.54) is 12.1 Å². The minimum absolute atomic E-state index is 0.0132. The fourth-order valence-electron chi connectivity index (χ4n) is 2.37. The van der Waals surface area contributed by atoms with Crippen molar-refractivity contribution < 1.29 is 17.6 Å². The van der Waals surface area contributed by atoms with E-state index in [9.17, 15) is 13.2 Å². The van der Waals surface area contributed by atoms with Crippen LogP contribution in [0.5, 0.6) is 0 Å². The normalized spacial score (nSPS) is 11.3. The molecule has 1 N–H and O–H groups in total. The Hall–Kier alpha value is -3.00. The van der Waals surface area contributed by atoms with Crippen LogP contribution in [0.15, 0.2) is 57.8 Å². The van der Waals surface area contributed by atoms with Gasteiger partial charge in [0.2, 0.25) is 11.8 Å². The highest BCUT2D eigenvalue weighted by atomic mass is 32.2. The molecule has 3 rings (SSSR count). The highest BCUT2D eigenvalue weighted by Gasteiger charge is 2.13.